The number of carbonyl (C=O) groups is 1. The second-order valence-electron chi connectivity index (χ2n) is 4.06. The summed E-state index contributed by atoms with van der Waals surface area (Å²) in [6.07, 6.45) is -0.706. The van der Waals surface area contributed by atoms with Gasteiger partial charge in [-0.15, -0.1) is 5.10 Å². The number of aromatic nitrogens is 5. The first-order valence-electron chi connectivity index (χ1n) is 5.90. The van der Waals surface area contributed by atoms with Crippen LogP contribution >= 0.6 is 11.6 Å². The number of hydrogen-bond acceptors (Lipinski definition) is 6. The highest BCUT2D eigenvalue weighted by Crippen LogP contribution is 2.21. The Balaban J connectivity index is 1.86. The molecule has 0 fully saturated rings. The number of nitrogens with one attached hydrogen (secondary N) is 1. The lowest BCUT2D eigenvalue weighted by Crippen LogP contribution is -2.17. The summed E-state index contributed by atoms with van der Waals surface area (Å²) in [4.78, 5) is 19.7. The van der Waals surface area contributed by atoms with Crippen molar-refractivity contribution in [2.24, 2.45) is 7.05 Å². The normalized spacial score (nSPS) is 10.6. The Morgan fingerprint density at radius 2 is 2.05 bits per heavy atom. The van der Waals surface area contributed by atoms with E-state index in [2.05, 4.69) is 25.6 Å². The number of nitrogens with zero attached hydrogens (tertiary/aromatic N) is 5. The average molecular weight is 305 g/mol. The minimum atomic E-state index is -0.706. The lowest BCUT2D eigenvalue weighted by Gasteiger charge is -2.06. The molecule has 0 aliphatic rings. The third-order valence-corrected chi connectivity index (χ3v) is 2.77. The predicted molar refractivity (Wildman–Crippen MR) is 75.2 cm³/mol. The Kier molecular flexibility index (Phi) is 3.36. The second kappa shape index (κ2) is 5.33. The van der Waals surface area contributed by atoms with Crippen LogP contribution in [0.2, 0.25) is 5.28 Å². The lowest BCUT2D eigenvalue weighted by atomic mass is 10.3. The summed E-state index contributed by atoms with van der Waals surface area (Å²) in [5, 5.41) is 10.1. The molecule has 2 heterocycles. The van der Waals surface area contributed by atoms with Gasteiger partial charge in [0.25, 0.3) is 5.88 Å². The molecule has 0 atom stereocenters. The Morgan fingerprint density at radius 3 is 2.81 bits per heavy atom. The summed E-state index contributed by atoms with van der Waals surface area (Å²) in [7, 11) is 1.65. The third kappa shape index (κ3) is 2.75. The molecule has 0 saturated heterocycles. The molecule has 0 spiro atoms. The Morgan fingerprint density at radius 1 is 1.29 bits per heavy atom. The maximum atomic E-state index is 11.9. The van der Waals surface area contributed by atoms with E-state index >= 15 is 0 Å². The van der Waals surface area contributed by atoms with Crippen LogP contribution in [-0.4, -0.2) is 31.1 Å². The van der Waals surface area contributed by atoms with Gasteiger partial charge in [0.15, 0.2) is 11.2 Å². The standard InChI is InChI=1S/C12H9ClN6O2/c1-19-9-8(17-18-19)10(16-11(13)15-9)21-12(20)14-7-5-3-2-4-6-7/h2-6H,1H3,(H,14,20). The molecule has 1 aromatic carbocycles. The van der Waals surface area contributed by atoms with E-state index in [9.17, 15) is 4.79 Å². The number of rotatable bonds is 2. The number of ether oxygens (including phenoxy) is 1. The topological polar surface area (TPSA) is 94.8 Å². The molecule has 0 aliphatic heterocycles. The Bertz CT molecular complexity index is 804. The van der Waals surface area contributed by atoms with Crippen LogP contribution in [-0.2, 0) is 7.05 Å². The first-order valence-corrected chi connectivity index (χ1v) is 6.28. The van der Waals surface area contributed by atoms with Crippen molar-refractivity contribution in [2.75, 3.05) is 5.32 Å². The largest absolute Gasteiger partial charge is 0.418 e. The summed E-state index contributed by atoms with van der Waals surface area (Å²) in [6, 6.07) is 8.87. The molecule has 3 aromatic rings. The minimum absolute atomic E-state index is 0.0495. The number of benzene rings is 1. The fraction of sp³-hybridized carbons (Fsp3) is 0.0833. The molecule has 0 aliphatic carbocycles. The fourth-order valence-electron chi connectivity index (χ4n) is 1.69. The molecule has 3 rings (SSSR count). The van der Waals surface area contributed by atoms with Crippen molar-refractivity contribution in [3.8, 4) is 5.88 Å². The van der Waals surface area contributed by atoms with Crippen LogP contribution in [0, 0.1) is 0 Å². The maximum absolute atomic E-state index is 11.9. The van der Waals surface area contributed by atoms with E-state index in [0.29, 0.717) is 11.3 Å². The highest BCUT2D eigenvalue weighted by Gasteiger charge is 2.16. The number of aryl methyl sites for hydroxylation is 1. The third-order valence-electron chi connectivity index (χ3n) is 2.60. The molecule has 1 N–H and O–H groups in total. The summed E-state index contributed by atoms with van der Waals surface area (Å²) < 4.78 is 6.53. The molecule has 0 radical (unpaired) electrons. The van der Waals surface area contributed by atoms with Gasteiger partial charge in [0, 0.05) is 12.7 Å². The molecular weight excluding hydrogens is 296 g/mol. The highest BCUT2D eigenvalue weighted by atomic mass is 35.5. The summed E-state index contributed by atoms with van der Waals surface area (Å²) in [6.45, 7) is 0. The number of para-hydroxylation sites is 1. The van der Waals surface area contributed by atoms with Crippen LogP contribution in [0.3, 0.4) is 0 Å². The van der Waals surface area contributed by atoms with Gasteiger partial charge in [-0.1, -0.05) is 23.4 Å². The van der Waals surface area contributed by atoms with Crippen LogP contribution in [0.25, 0.3) is 11.2 Å². The minimum Gasteiger partial charge on any atom is -0.388 e. The van der Waals surface area contributed by atoms with E-state index < -0.39 is 6.09 Å². The van der Waals surface area contributed by atoms with Gasteiger partial charge in [0.1, 0.15) is 0 Å². The summed E-state index contributed by atoms with van der Waals surface area (Å²) in [5.41, 5.74) is 1.22. The van der Waals surface area contributed by atoms with Crippen molar-refractivity contribution < 1.29 is 9.53 Å². The number of carbonyl (C=O) groups excluding carboxylic acids is 1. The summed E-state index contributed by atoms with van der Waals surface area (Å²) >= 11 is 5.79. The second-order valence-corrected chi connectivity index (χ2v) is 4.40. The first kappa shape index (κ1) is 13.3. The van der Waals surface area contributed by atoms with Crippen molar-refractivity contribution in [3.63, 3.8) is 0 Å². The van der Waals surface area contributed by atoms with Gasteiger partial charge in [0.05, 0.1) is 0 Å². The molecule has 0 bridgehead atoms. The zero-order valence-electron chi connectivity index (χ0n) is 10.8. The van der Waals surface area contributed by atoms with Gasteiger partial charge in [-0.05, 0) is 23.7 Å². The molecule has 106 valence electrons. The van der Waals surface area contributed by atoms with Gasteiger partial charge in [0.2, 0.25) is 5.28 Å². The molecule has 2 aromatic heterocycles. The van der Waals surface area contributed by atoms with Gasteiger partial charge in [-0.25, -0.2) is 9.48 Å². The molecule has 9 heteroatoms. The van der Waals surface area contributed by atoms with E-state index in [-0.39, 0.29) is 16.7 Å². The van der Waals surface area contributed by atoms with Crippen LogP contribution in [0.4, 0.5) is 10.5 Å². The van der Waals surface area contributed by atoms with Crippen LogP contribution in [0.15, 0.2) is 30.3 Å². The molecule has 21 heavy (non-hydrogen) atoms. The first-order chi connectivity index (χ1) is 10.1. The average Bonchev–Trinajstić information content (AvgIpc) is 2.81. The van der Waals surface area contributed by atoms with Crippen LogP contribution in [0.5, 0.6) is 5.88 Å². The van der Waals surface area contributed by atoms with E-state index in [4.69, 9.17) is 16.3 Å². The van der Waals surface area contributed by atoms with Crippen molar-refractivity contribution in [1.29, 1.82) is 0 Å². The summed E-state index contributed by atoms with van der Waals surface area (Å²) in [5.74, 6) is -0.0495. The Labute approximate surface area is 123 Å². The molecule has 0 unspecified atom stereocenters. The number of hydrogen-bond donors (Lipinski definition) is 1. The zero-order valence-corrected chi connectivity index (χ0v) is 11.6. The van der Waals surface area contributed by atoms with E-state index in [1.165, 1.54) is 4.68 Å². The molecule has 0 saturated carbocycles. The quantitative estimate of drug-likeness (QED) is 0.728. The molecule has 8 nitrogen and oxygen atoms in total. The van der Waals surface area contributed by atoms with Gasteiger partial charge in [-0.3, -0.25) is 5.32 Å². The number of halogens is 1. The predicted octanol–water partition coefficient (Wildman–Crippen LogP) is 2.02. The van der Waals surface area contributed by atoms with Gasteiger partial charge >= 0.3 is 6.09 Å². The van der Waals surface area contributed by atoms with E-state index in [0.717, 1.165) is 0 Å². The van der Waals surface area contributed by atoms with Crippen LogP contribution < -0.4 is 10.1 Å². The monoisotopic (exact) mass is 304 g/mol. The maximum Gasteiger partial charge on any atom is 0.418 e. The highest BCUT2D eigenvalue weighted by molar-refractivity contribution is 6.28. The number of amides is 1. The SMILES string of the molecule is Cn1nnc2c(OC(=O)Nc3ccccc3)nc(Cl)nc21. The van der Waals surface area contributed by atoms with Gasteiger partial charge in [-0.2, -0.15) is 9.97 Å². The zero-order chi connectivity index (χ0) is 14.8. The lowest BCUT2D eigenvalue weighted by molar-refractivity contribution is 0.214. The molecular formula is C12H9ClN6O2. The van der Waals surface area contributed by atoms with Crippen molar-refractivity contribution in [2.45, 2.75) is 0 Å². The fourth-order valence-corrected chi connectivity index (χ4v) is 1.85. The van der Waals surface area contributed by atoms with Crippen molar-refractivity contribution >= 4 is 34.5 Å². The smallest absolute Gasteiger partial charge is 0.388 e. The van der Waals surface area contributed by atoms with Crippen molar-refractivity contribution in [1.82, 2.24) is 25.0 Å². The number of fused-ring (bicyclic) bond motifs is 1. The van der Waals surface area contributed by atoms with E-state index in [1.54, 1.807) is 31.3 Å². The van der Waals surface area contributed by atoms with Gasteiger partial charge < -0.3 is 4.74 Å². The molecule has 1 amide bonds. The van der Waals surface area contributed by atoms with Crippen molar-refractivity contribution in [3.05, 3.63) is 35.6 Å². The van der Waals surface area contributed by atoms with E-state index in [1.807, 2.05) is 6.07 Å². The number of anilines is 1. The van der Waals surface area contributed by atoms with Crippen LogP contribution in [0.1, 0.15) is 0 Å². The Hall–Kier alpha value is -2.74.